The molecule has 0 aliphatic heterocycles. The molecule has 1 unspecified atom stereocenters. The Morgan fingerprint density at radius 2 is 1.90 bits per heavy atom. The van der Waals surface area contributed by atoms with Crippen molar-refractivity contribution in [2.24, 2.45) is 0 Å². The molecule has 4 rings (SSSR count). The molecule has 0 amide bonds. The molecule has 2 N–H and O–H groups in total. The van der Waals surface area contributed by atoms with Gasteiger partial charge in [-0.3, -0.25) is 9.59 Å². The number of ketones is 1. The summed E-state index contributed by atoms with van der Waals surface area (Å²) in [6.07, 6.45) is 1.75. The van der Waals surface area contributed by atoms with Crippen molar-refractivity contribution in [3.05, 3.63) is 80.3 Å². The predicted octanol–water partition coefficient (Wildman–Crippen LogP) is 2.14. The van der Waals surface area contributed by atoms with Gasteiger partial charge in [0.1, 0.15) is 17.5 Å². The lowest BCUT2D eigenvalue weighted by atomic mass is 10.0. The Hall–Kier alpha value is -4.14. The number of benzene rings is 1. The van der Waals surface area contributed by atoms with Gasteiger partial charge < -0.3 is 19.2 Å². The first-order chi connectivity index (χ1) is 14.8. The fourth-order valence-corrected chi connectivity index (χ4v) is 3.81. The Morgan fingerprint density at radius 3 is 2.58 bits per heavy atom. The van der Waals surface area contributed by atoms with Crippen LogP contribution in [0.3, 0.4) is 0 Å². The molecule has 0 aliphatic carbocycles. The second-order valence-electron chi connectivity index (χ2n) is 7.17. The summed E-state index contributed by atoms with van der Waals surface area (Å²) in [5.74, 6) is -1.08. The van der Waals surface area contributed by atoms with Gasteiger partial charge in [-0.25, -0.2) is 14.2 Å². The van der Waals surface area contributed by atoms with Crippen molar-refractivity contribution in [2.45, 2.75) is 19.9 Å². The third kappa shape index (κ3) is 3.02. The van der Waals surface area contributed by atoms with Crippen LogP contribution >= 0.6 is 0 Å². The number of hydrogen-bond donors (Lipinski definition) is 2. The maximum Gasteiger partial charge on any atom is 0.329 e. The highest BCUT2D eigenvalue weighted by Crippen LogP contribution is 2.31. The number of pyridine rings is 1. The maximum atomic E-state index is 13.4. The van der Waals surface area contributed by atoms with Gasteiger partial charge in [0, 0.05) is 17.3 Å². The first kappa shape index (κ1) is 20.1. The number of rotatable bonds is 5. The molecule has 0 saturated heterocycles. The summed E-state index contributed by atoms with van der Waals surface area (Å²) in [6.45, 7) is 3.02. The number of nitrogens with one attached hydrogen (secondary N) is 1. The molecule has 4 aromatic rings. The van der Waals surface area contributed by atoms with E-state index in [1.165, 1.54) is 32.2 Å². The number of ether oxygens (including phenoxy) is 1. The van der Waals surface area contributed by atoms with Gasteiger partial charge in [-0.15, -0.1) is 0 Å². The van der Waals surface area contributed by atoms with Crippen molar-refractivity contribution in [3.8, 4) is 5.75 Å². The molecule has 3 aromatic heterocycles. The molecule has 1 aromatic carbocycles. The Labute approximate surface area is 175 Å². The summed E-state index contributed by atoms with van der Waals surface area (Å²) in [6, 6.07) is 8.45. The number of carbonyl (C=O) groups excluding carboxylic acids is 1. The van der Waals surface area contributed by atoms with Gasteiger partial charge in [0.05, 0.1) is 23.5 Å². The Kier molecular flexibility index (Phi) is 4.73. The van der Waals surface area contributed by atoms with Gasteiger partial charge in [0.15, 0.2) is 0 Å². The topological polar surface area (TPSA) is 123 Å². The smallest absolute Gasteiger partial charge is 0.329 e. The van der Waals surface area contributed by atoms with Crippen LogP contribution in [0, 0.1) is 6.92 Å². The number of fused-ring (bicyclic) bond motifs is 2. The molecule has 9 heteroatoms. The minimum absolute atomic E-state index is 0.0454. The number of methoxy groups -OCH3 is 1. The van der Waals surface area contributed by atoms with Gasteiger partial charge >= 0.3 is 11.7 Å². The van der Waals surface area contributed by atoms with Crippen LogP contribution < -0.4 is 16.0 Å². The SMILES string of the molecule is COc1c(C)c(C(=O)c2ccc3[nH]c(=O)n(C(C)C(=O)O)c(=O)c3c2)n2ccccc12. The molecule has 0 saturated carbocycles. The predicted molar refractivity (Wildman–Crippen MR) is 113 cm³/mol. The van der Waals surface area contributed by atoms with Crippen molar-refractivity contribution in [1.82, 2.24) is 14.0 Å². The molecule has 0 aliphatic rings. The summed E-state index contributed by atoms with van der Waals surface area (Å²) < 4.78 is 7.82. The van der Waals surface area contributed by atoms with E-state index in [0.29, 0.717) is 21.6 Å². The van der Waals surface area contributed by atoms with Gasteiger partial charge in [0.25, 0.3) is 5.56 Å². The third-order valence-corrected chi connectivity index (χ3v) is 5.38. The molecule has 0 spiro atoms. The van der Waals surface area contributed by atoms with Gasteiger partial charge in [-0.1, -0.05) is 6.07 Å². The normalized spacial score (nSPS) is 12.2. The standard InChI is InChI=1S/C22H19N3O6/c1-11-17(24-9-5-4-6-16(24)19(11)31-3)18(26)13-7-8-15-14(10-13)20(27)25(22(30)23-15)12(2)21(28)29/h4-10,12H,1-3H3,(H,23,30)(H,28,29). The maximum absolute atomic E-state index is 13.4. The average molecular weight is 421 g/mol. The summed E-state index contributed by atoms with van der Waals surface area (Å²) in [4.78, 5) is 52.3. The van der Waals surface area contributed by atoms with E-state index in [-0.39, 0.29) is 22.2 Å². The summed E-state index contributed by atoms with van der Waals surface area (Å²) >= 11 is 0. The van der Waals surface area contributed by atoms with E-state index in [1.54, 1.807) is 23.6 Å². The third-order valence-electron chi connectivity index (χ3n) is 5.38. The van der Waals surface area contributed by atoms with E-state index in [4.69, 9.17) is 4.74 Å². The number of carboxylic acids is 1. The van der Waals surface area contributed by atoms with Crippen molar-refractivity contribution in [3.63, 3.8) is 0 Å². The van der Waals surface area contributed by atoms with Crippen LogP contribution in [-0.4, -0.2) is 37.9 Å². The highest BCUT2D eigenvalue weighted by molar-refractivity contribution is 6.11. The fraction of sp³-hybridized carbons (Fsp3) is 0.182. The number of carbonyl (C=O) groups is 2. The van der Waals surface area contributed by atoms with Crippen molar-refractivity contribution >= 4 is 28.2 Å². The van der Waals surface area contributed by atoms with E-state index in [0.717, 1.165) is 5.52 Å². The highest BCUT2D eigenvalue weighted by Gasteiger charge is 2.24. The first-order valence-corrected chi connectivity index (χ1v) is 9.46. The molecule has 9 nitrogen and oxygen atoms in total. The molecule has 158 valence electrons. The number of aliphatic carboxylic acids is 1. The zero-order valence-corrected chi connectivity index (χ0v) is 17.0. The van der Waals surface area contributed by atoms with Crippen LogP contribution in [0.25, 0.3) is 16.4 Å². The van der Waals surface area contributed by atoms with Gasteiger partial charge in [-0.05, 0) is 44.2 Å². The van der Waals surface area contributed by atoms with E-state index < -0.39 is 23.3 Å². The molecular weight excluding hydrogens is 402 g/mol. The molecular formula is C22H19N3O6. The number of aromatic amines is 1. The lowest BCUT2D eigenvalue weighted by Crippen LogP contribution is -2.39. The molecule has 0 radical (unpaired) electrons. The number of hydrogen-bond acceptors (Lipinski definition) is 5. The Bertz CT molecular complexity index is 1490. The summed E-state index contributed by atoms with van der Waals surface area (Å²) in [5.41, 5.74) is 0.596. The van der Waals surface area contributed by atoms with Crippen LogP contribution in [0.15, 0.2) is 52.2 Å². The van der Waals surface area contributed by atoms with Crippen LogP contribution in [0.5, 0.6) is 5.75 Å². The monoisotopic (exact) mass is 421 g/mol. The molecule has 1 atom stereocenters. The Balaban J connectivity index is 1.94. The van der Waals surface area contributed by atoms with Crippen LogP contribution in [0.1, 0.15) is 34.6 Å². The molecule has 3 heterocycles. The van der Waals surface area contributed by atoms with Gasteiger partial charge in [0.2, 0.25) is 5.78 Å². The van der Waals surface area contributed by atoms with E-state index in [1.807, 2.05) is 12.1 Å². The first-order valence-electron chi connectivity index (χ1n) is 9.46. The number of carboxylic acid groups (broad SMARTS) is 1. The zero-order valence-electron chi connectivity index (χ0n) is 17.0. The minimum Gasteiger partial charge on any atom is -0.494 e. The quantitative estimate of drug-likeness (QED) is 0.476. The van der Waals surface area contributed by atoms with Crippen molar-refractivity contribution < 1.29 is 19.4 Å². The summed E-state index contributed by atoms with van der Waals surface area (Å²) in [5, 5.41) is 9.27. The Morgan fingerprint density at radius 1 is 1.16 bits per heavy atom. The van der Waals surface area contributed by atoms with Crippen molar-refractivity contribution in [2.75, 3.05) is 7.11 Å². The van der Waals surface area contributed by atoms with Crippen LogP contribution in [0.4, 0.5) is 0 Å². The number of nitrogens with zero attached hydrogens (tertiary/aromatic N) is 2. The number of H-pyrrole nitrogens is 1. The van der Waals surface area contributed by atoms with E-state index in [9.17, 15) is 24.3 Å². The number of aromatic nitrogens is 3. The molecule has 0 bridgehead atoms. The van der Waals surface area contributed by atoms with Gasteiger partial charge in [-0.2, -0.15) is 0 Å². The lowest BCUT2D eigenvalue weighted by molar-refractivity contribution is -0.140. The molecule has 0 fully saturated rings. The second-order valence-corrected chi connectivity index (χ2v) is 7.17. The summed E-state index contributed by atoms with van der Waals surface area (Å²) in [7, 11) is 1.53. The van der Waals surface area contributed by atoms with E-state index >= 15 is 0 Å². The largest absolute Gasteiger partial charge is 0.494 e. The minimum atomic E-state index is -1.36. The molecule has 31 heavy (non-hydrogen) atoms. The second kappa shape index (κ2) is 7.28. The lowest BCUT2D eigenvalue weighted by Gasteiger charge is -2.11. The van der Waals surface area contributed by atoms with Crippen LogP contribution in [0.2, 0.25) is 0 Å². The van der Waals surface area contributed by atoms with Crippen LogP contribution in [-0.2, 0) is 4.79 Å². The highest BCUT2D eigenvalue weighted by atomic mass is 16.5. The van der Waals surface area contributed by atoms with Crippen molar-refractivity contribution in [1.29, 1.82) is 0 Å². The average Bonchev–Trinajstić information content (AvgIpc) is 3.03. The fourth-order valence-electron chi connectivity index (χ4n) is 3.81. The zero-order chi connectivity index (χ0) is 22.4. The van der Waals surface area contributed by atoms with E-state index in [2.05, 4.69) is 4.98 Å².